The van der Waals surface area contributed by atoms with Gasteiger partial charge in [0.15, 0.2) is 0 Å². The number of methoxy groups -OCH3 is 1. The second-order valence-corrected chi connectivity index (χ2v) is 11.1. The largest absolute Gasteiger partial charge is 0.497 e. The van der Waals surface area contributed by atoms with Gasteiger partial charge in [-0.3, -0.25) is 9.59 Å². The van der Waals surface area contributed by atoms with Crippen LogP contribution in [0.3, 0.4) is 0 Å². The van der Waals surface area contributed by atoms with Crippen LogP contribution in [-0.2, 0) is 24.3 Å². The summed E-state index contributed by atoms with van der Waals surface area (Å²) in [6.07, 6.45) is 5.60. The van der Waals surface area contributed by atoms with Crippen LogP contribution in [0.4, 0.5) is 0 Å². The molecule has 0 radical (unpaired) electrons. The molecule has 1 aliphatic heterocycles. The fraction of sp³-hybridized carbons (Fsp3) is 0.667. The van der Waals surface area contributed by atoms with Gasteiger partial charge in [0.1, 0.15) is 11.8 Å². The van der Waals surface area contributed by atoms with E-state index in [0.717, 1.165) is 38.5 Å². The smallest absolute Gasteiger partial charge is 0.243 e. The van der Waals surface area contributed by atoms with Crippen molar-refractivity contribution in [2.24, 2.45) is 5.92 Å². The normalized spacial score (nSPS) is 19.8. The highest BCUT2D eigenvalue weighted by molar-refractivity contribution is 7.89. The van der Waals surface area contributed by atoms with Gasteiger partial charge in [-0.2, -0.15) is 0 Å². The van der Waals surface area contributed by atoms with Crippen LogP contribution < -0.4 is 14.8 Å². The summed E-state index contributed by atoms with van der Waals surface area (Å²) < 4.78 is 38.7. The lowest BCUT2D eigenvalue weighted by Gasteiger charge is -2.35. The predicted octanol–water partition coefficient (Wildman–Crippen LogP) is 2.06. The van der Waals surface area contributed by atoms with E-state index in [4.69, 9.17) is 9.47 Å². The third-order valence-electron chi connectivity index (χ3n) is 6.47. The Morgan fingerprint density at radius 3 is 2.35 bits per heavy atom. The summed E-state index contributed by atoms with van der Waals surface area (Å²) in [5.41, 5.74) is 0. The number of carbonyl (C=O) groups excluding carboxylic acids is 2. The van der Waals surface area contributed by atoms with Crippen molar-refractivity contribution in [3.63, 3.8) is 0 Å². The Hall–Kier alpha value is -2.17. The third-order valence-corrected chi connectivity index (χ3v) is 7.88. The number of hydrogen-bond donors (Lipinski definition) is 2. The van der Waals surface area contributed by atoms with Crippen molar-refractivity contribution in [3.8, 4) is 5.75 Å². The van der Waals surface area contributed by atoms with E-state index in [9.17, 15) is 18.0 Å². The molecule has 0 unspecified atom stereocenters. The fourth-order valence-electron chi connectivity index (χ4n) is 4.64. The first-order chi connectivity index (χ1) is 16.2. The number of nitrogens with zero attached hydrogens (tertiary/aromatic N) is 1. The van der Waals surface area contributed by atoms with E-state index in [2.05, 4.69) is 10.0 Å². The van der Waals surface area contributed by atoms with E-state index in [0.29, 0.717) is 12.4 Å². The molecule has 34 heavy (non-hydrogen) atoms. The SMILES string of the molecule is COc1ccc(S(=O)(=O)NCC(=O)N(C[C@H]2CCCO2)[C@H](C(=O)NC2CCCC2)C(C)C)cc1. The summed E-state index contributed by atoms with van der Waals surface area (Å²) in [7, 11) is -2.41. The highest BCUT2D eigenvalue weighted by Gasteiger charge is 2.36. The Morgan fingerprint density at radius 2 is 1.79 bits per heavy atom. The summed E-state index contributed by atoms with van der Waals surface area (Å²) in [5.74, 6) is -0.255. The standard InChI is InChI=1S/C24H37N3O6S/c1-17(2)23(24(29)26-18-7-4-5-8-18)27(16-20-9-6-14-33-20)22(28)15-25-34(30,31)21-12-10-19(32-3)11-13-21/h10-13,17-18,20,23,25H,4-9,14-16H2,1-3H3,(H,26,29)/t20-,23+/m1/s1. The van der Waals surface area contributed by atoms with Crippen LogP contribution in [0.1, 0.15) is 52.4 Å². The van der Waals surface area contributed by atoms with Gasteiger partial charge < -0.3 is 19.7 Å². The summed E-state index contributed by atoms with van der Waals surface area (Å²) in [6, 6.07) is 5.35. The number of amides is 2. The molecule has 0 aromatic heterocycles. The second-order valence-electron chi connectivity index (χ2n) is 9.36. The fourth-order valence-corrected chi connectivity index (χ4v) is 5.61. The van der Waals surface area contributed by atoms with Crippen LogP contribution >= 0.6 is 0 Å². The lowest BCUT2D eigenvalue weighted by molar-refractivity contribution is -0.143. The van der Waals surface area contributed by atoms with E-state index in [1.54, 1.807) is 12.1 Å². The van der Waals surface area contributed by atoms with Gasteiger partial charge in [-0.1, -0.05) is 26.7 Å². The van der Waals surface area contributed by atoms with Crippen molar-refractivity contribution in [1.82, 2.24) is 14.9 Å². The maximum absolute atomic E-state index is 13.3. The van der Waals surface area contributed by atoms with E-state index in [1.807, 2.05) is 13.8 Å². The van der Waals surface area contributed by atoms with Crippen molar-refractivity contribution in [3.05, 3.63) is 24.3 Å². The van der Waals surface area contributed by atoms with Crippen LogP contribution in [0.5, 0.6) is 5.75 Å². The van der Waals surface area contributed by atoms with Crippen LogP contribution in [-0.4, -0.2) is 70.1 Å². The van der Waals surface area contributed by atoms with Gasteiger partial charge in [0, 0.05) is 19.2 Å². The quantitative estimate of drug-likeness (QED) is 0.486. The zero-order valence-electron chi connectivity index (χ0n) is 20.3. The van der Waals surface area contributed by atoms with Gasteiger partial charge in [0.2, 0.25) is 21.8 Å². The Labute approximate surface area is 202 Å². The maximum Gasteiger partial charge on any atom is 0.243 e. The molecule has 190 valence electrons. The summed E-state index contributed by atoms with van der Waals surface area (Å²) >= 11 is 0. The number of rotatable bonds is 11. The number of carbonyl (C=O) groups is 2. The molecule has 2 amide bonds. The minimum Gasteiger partial charge on any atom is -0.497 e. The molecular weight excluding hydrogens is 458 g/mol. The van der Waals surface area contributed by atoms with Gasteiger partial charge in [0.05, 0.1) is 24.7 Å². The highest BCUT2D eigenvalue weighted by Crippen LogP contribution is 2.22. The molecule has 2 aliphatic rings. The Morgan fingerprint density at radius 1 is 1.12 bits per heavy atom. The lowest BCUT2D eigenvalue weighted by atomic mass is 9.99. The Kier molecular flexibility index (Phi) is 9.32. The minimum absolute atomic E-state index is 0.0335. The molecule has 0 bridgehead atoms. The topological polar surface area (TPSA) is 114 Å². The van der Waals surface area contributed by atoms with Crippen LogP contribution in [0.15, 0.2) is 29.2 Å². The Bertz CT molecular complexity index is 923. The lowest BCUT2D eigenvalue weighted by Crippen LogP contribution is -2.57. The maximum atomic E-state index is 13.3. The molecule has 1 aliphatic carbocycles. The van der Waals surface area contributed by atoms with E-state index in [-0.39, 0.29) is 35.4 Å². The first kappa shape index (κ1) is 26.4. The summed E-state index contributed by atoms with van der Waals surface area (Å²) in [6.45, 7) is 4.23. The zero-order chi connectivity index (χ0) is 24.7. The first-order valence-corrected chi connectivity index (χ1v) is 13.5. The average molecular weight is 496 g/mol. The average Bonchev–Trinajstić information content (AvgIpc) is 3.51. The molecule has 9 nitrogen and oxygen atoms in total. The molecule has 2 N–H and O–H groups in total. The monoisotopic (exact) mass is 495 g/mol. The van der Waals surface area contributed by atoms with Gasteiger partial charge in [0.25, 0.3) is 0 Å². The second kappa shape index (κ2) is 12.0. The predicted molar refractivity (Wildman–Crippen MR) is 128 cm³/mol. The van der Waals surface area contributed by atoms with Gasteiger partial charge >= 0.3 is 0 Å². The number of ether oxygens (including phenoxy) is 2. The Balaban J connectivity index is 1.74. The number of hydrogen-bond acceptors (Lipinski definition) is 6. The van der Waals surface area contributed by atoms with Crippen molar-refractivity contribution in [2.45, 2.75) is 75.5 Å². The van der Waals surface area contributed by atoms with Crippen molar-refractivity contribution < 1.29 is 27.5 Å². The summed E-state index contributed by atoms with van der Waals surface area (Å²) in [5, 5.41) is 3.11. The van der Waals surface area contributed by atoms with Gasteiger partial charge in [-0.05, 0) is 55.9 Å². The third kappa shape index (κ3) is 6.93. The van der Waals surface area contributed by atoms with Crippen molar-refractivity contribution >= 4 is 21.8 Å². The zero-order valence-corrected chi connectivity index (χ0v) is 21.1. The van der Waals surface area contributed by atoms with Crippen LogP contribution in [0.25, 0.3) is 0 Å². The molecule has 1 saturated carbocycles. The van der Waals surface area contributed by atoms with Crippen molar-refractivity contribution in [1.29, 1.82) is 0 Å². The number of benzene rings is 1. The molecule has 10 heteroatoms. The minimum atomic E-state index is -3.91. The number of sulfonamides is 1. The van der Waals surface area contributed by atoms with E-state index < -0.39 is 28.5 Å². The van der Waals surface area contributed by atoms with Crippen LogP contribution in [0, 0.1) is 5.92 Å². The molecule has 1 saturated heterocycles. The van der Waals surface area contributed by atoms with Crippen molar-refractivity contribution in [2.75, 3.05) is 26.8 Å². The molecule has 3 rings (SSSR count). The highest BCUT2D eigenvalue weighted by atomic mass is 32.2. The first-order valence-electron chi connectivity index (χ1n) is 12.1. The molecule has 0 spiro atoms. The molecular formula is C24H37N3O6S. The summed E-state index contributed by atoms with van der Waals surface area (Å²) in [4.78, 5) is 28.1. The van der Waals surface area contributed by atoms with E-state index in [1.165, 1.54) is 24.1 Å². The van der Waals surface area contributed by atoms with E-state index >= 15 is 0 Å². The van der Waals surface area contributed by atoms with Crippen LogP contribution in [0.2, 0.25) is 0 Å². The molecule has 1 aromatic rings. The van der Waals surface area contributed by atoms with Gasteiger partial charge in [-0.15, -0.1) is 0 Å². The molecule has 1 heterocycles. The molecule has 1 aromatic carbocycles. The molecule has 2 atom stereocenters. The number of nitrogens with one attached hydrogen (secondary N) is 2. The van der Waals surface area contributed by atoms with Gasteiger partial charge in [-0.25, -0.2) is 13.1 Å². The molecule has 2 fully saturated rings.